The van der Waals surface area contributed by atoms with Gasteiger partial charge in [0.05, 0.1) is 18.4 Å². The standard InChI is InChI=1S/C20H26N4O3/c1-14(2)10-16-11-18(23-20(26)22-16)19(25)24-9-5-7-17(12-24)27-13-15-6-3-4-8-21-15/h3-4,6,8,11,14,17H,5,7,9-10,12-13H2,1-2H3,(H,22,23,26)/t17-/m0/s1. The number of piperidine rings is 1. The van der Waals surface area contributed by atoms with Crippen LogP contribution in [0.2, 0.25) is 0 Å². The van der Waals surface area contributed by atoms with Crippen LogP contribution in [0.4, 0.5) is 0 Å². The number of nitrogens with one attached hydrogen (secondary N) is 1. The van der Waals surface area contributed by atoms with Gasteiger partial charge in [0.2, 0.25) is 0 Å². The van der Waals surface area contributed by atoms with E-state index in [-0.39, 0.29) is 17.7 Å². The van der Waals surface area contributed by atoms with E-state index in [0.29, 0.717) is 32.0 Å². The number of amides is 1. The van der Waals surface area contributed by atoms with Gasteiger partial charge in [0, 0.05) is 25.0 Å². The lowest BCUT2D eigenvalue weighted by Crippen LogP contribution is -2.44. The molecule has 1 amide bonds. The molecule has 3 rings (SSSR count). The Labute approximate surface area is 158 Å². The van der Waals surface area contributed by atoms with Crippen LogP contribution in [0.15, 0.2) is 35.3 Å². The number of carbonyl (C=O) groups is 1. The molecule has 1 atom stereocenters. The second-order valence-electron chi connectivity index (χ2n) is 7.34. The first-order chi connectivity index (χ1) is 13.0. The summed E-state index contributed by atoms with van der Waals surface area (Å²) in [5.74, 6) is 0.169. The van der Waals surface area contributed by atoms with Crippen LogP contribution in [0, 0.1) is 5.92 Å². The minimum Gasteiger partial charge on any atom is -0.370 e. The lowest BCUT2D eigenvalue weighted by atomic mass is 10.1. The van der Waals surface area contributed by atoms with Crippen molar-refractivity contribution in [2.45, 2.75) is 45.8 Å². The van der Waals surface area contributed by atoms with E-state index < -0.39 is 5.69 Å². The Balaban J connectivity index is 1.64. The van der Waals surface area contributed by atoms with E-state index in [4.69, 9.17) is 4.74 Å². The summed E-state index contributed by atoms with van der Waals surface area (Å²) < 4.78 is 5.94. The Hall–Kier alpha value is -2.54. The molecule has 1 saturated heterocycles. The third-order valence-corrected chi connectivity index (χ3v) is 4.51. The van der Waals surface area contributed by atoms with E-state index in [0.717, 1.165) is 24.2 Å². The third-order valence-electron chi connectivity index (χ3n) is 4.51. The molecule has 0 saturated carbocycles. The van der Waals surface area contributed by atoms with Crippen LogP contribution in [-0.4, -0.2) is 45.0 Å². The summed E-state index contributed by atoms with van der Waals surface area (Å²) in [6.07, 6.45) is 4.16. The summed E-state index contributed by atoms with van der Waals surface area (Å²) >= 11 is 0. The molecular weight excluding hydrogens is 344 g/mol. The lowest BCUT2D eigenvalue weighted by Gasteiger charge is -2.32. The number of hydrogen-bond acceptors (Lipinski definition) is 5. The van der Waals surface area contributed by atoms with Gasteiger partial charge in [-0.1, -0.05) is 19.9 Å². The molecule has 2 aromatic heterocycles. The number of aromatic amines is 1. The van der Waals surface area contributed by atoms with E-state index in [2.05, 4.69) is 28.8 Å². The molecule has 1 fully saturated rings. The highest BCUT2D eigenvalue weighted by molar-refractivity contribution is 5.92. The molecule has 0 unspecified atom stereocenters. The van der Waals surface area contributed by atoms with Gasteiger partial charge in [0.1, 0.15) is 5.69 Å². The van der Waals surface area contributed by atoms with Gasteiger partial charge in [-0.05, 0) is 43.4 Å². The number of nitrogens with zero attached hydrogens (tertiary/aromatic N) is 3. The number of rotatable bonds is 6. The fraction of sp³-hybridized carbons (Fsp3) is 0.500. The van der Waals surface area contributed by atoms with Crippen molar-refractivity contribution in [1.29, 1.82) is 0 Å². The number of likely N-dealkylation sites (tertiary alicyclic amines) is 1. The highest BCUT2D eigenvalue weighted by Crippen LogP contribution is 2.17. The van der Waals surface area contributed by atoms with E-state index in [1.54, 1.807) is 17.2 Å². The second-order valence-corrected chi connectivity index (χ2v) is 7.34. The summed E-state index contributed by atoms with van der Waals surface area (Å²) in [7, 11) is 0. The Kier molecular flexibility index (Phi) is 6.34. The van der Waals surface area contributed by atoms with Crippen molar-refractivity contribution in [3.05, 3.63) is 58.0 Å². The molecule has 144 valence electrons. The molecule has 1 aliphatic rings. The van der Waals surface area contributed by atoms with E-state index >= 15 is 0 Å². The second kappa shape index (κ2) is 8.90. The van der Waals surface area contributed by atoms with Crippen LogP contribution in [0.1, 0.15) is 48.6 Å². The summed E-state index contributed by atoms with van der Waals surface area (Å²) in [5, 5.41) is 0. The zero-order valence-corrected chi connectivity index (χ0v) is 15.9. The maximum Gasteiger partial charge on any atom is 0.345 e. The predicted molar refractivity (Wildman–Crippen MR) is 101 cm³/mol. The Morgan fingerprint density at radius 3 is 3.00 bits per heavy atom. The largest absolute Gasteiger partial charge is 0.370 e. The molecule has 3 heterocycles. The molecule has 1 aliphatic heterocycles. The Morgan fingerprint density at radius 1 is 1.41 bits per heavy atom. The number of ether oxygens (including phenoxy) is 1. The van der Waals surface area contributed by atoms with Gasteiger partial charge in [-0.2, -0.15) is 4.98 Å². The smallest absolute Gasteiger partial charge is 0.345 e. The number of pyridine rings is 1. The fourth-order valence-electron chi connectivity index (χ4n) is 3.27. The predicted octanol–water partition coefficient (Wildman–Crippen LogP) is 2.18. The summed E-state index contributed by atoms with van der Waals surface area (Å²) in [5.41, 5.74) is 1.35. The minimum atomic E-state index is -0.475. The van der Waals surface area contributed by atoms with Crippen molar-refractivity contribution in [2.24, 2.45) is 5.92 Å². The van der Waals surface area contributed by atoms with Gasteiger partial charge in [-0.3, -0.25) is 9.78 Å². The Morgan fingerprint density at radius 2 is 2.26 bits per heavy atom. The maximum absolute atomic E-state index is 12.9. The molecule has 27 heavy (non-hydrogen) atoms. The van der Waals surface area contributed by atoms with Crippen molar-refractivity contribution in [3.63, 3.8) is 0 Å². The summed E-state index contributed by atoms with van der Waals surface area (Å²) in [6.45, 7) is 5.70. The maximum atomic E-state index is 12.9. The molecule has 7 nitrogen and oxygen atoms in total. The molecule has 7 heteroatoms. The van der Waals surface area contributed by atoms with Gasteiger partial charge in [0.15, 0.2) is 0 Å². The molecular formula is C20H26N4O3. The van der Waals surface area contributed by atoms with Gasteiger partial charge in [0.25, 0.3) is 5.91 Å². The van der Waals surface area contributed by atoms with Crippen LogP contribution < -0.4 is 5.69 Å². The van der Waals surface area contributed by atoms with Crippen molar-refractivity contribution >= 4 is 5.91 Å². The van der Waals surface area contributed by atoms with Crippen LogP contribution in [0.3, 0.4) is 0 Å². The van der Waals surface area contributed by atoms with Crippen LogP contribution in [0.5, 0.6) is 0 Å². The third kappa shape index (κ3) is 5.47. The van der Waals surface area contributed by atoms with Gasteiger partial charge in [-0.25, -0.2) is 4.79 Å². The molecule has 1 N–H and O–H groups in total. The molecule has 2 aromatic rings. The zero-order chi connectivity index (χ0) is 19.2. The van der Waals surface area contributed by atoms with E-state index in [9.17, 15) is 9.59 Å². The molecule has 0 radical (unpaired) electrons. The molecule has 0 aliphatic carbocycles. The first kappa shape index (κ1) is 19.2. The van der Waals surface area contributed by atoms with Crippen molar-refractivity contribution in [2.75, 3.05) is 13.1 Å². The number of hydrogen-bond donors (Lipinski definition) is 1. The quantitative estimate of drug-likeness (QED) is 0.842. The SMILES string of the molecule is CC(C)Cc1cc(C(=O)N2CCC[C@H](OCc3ccccn3)C2)nc(=O)[nH]1. The number of carbonyl (C=O) groups excluding carboxylic acids is 1. The monoisotopic (exact) mass is 370 g/mol. The van der Waals surface area contributed by atoms with Crippen molar-refractivity contribution < 1.29 is 9.53 Å². The van der Waals surface area contributed by atoms with Gasteiger partial charge >= 0.3 is 5.69 Å². The lowest BCUT2D eigenvalue weighted by molar-refractivity contribution is -0.00802. The van der Waals surface area contributed by atoms with Crippen LogP contribution in [-0.2, 0) is 17.8 Å². The number of aromatic nitrogens is 3. The van der Waals surface area contributed by atoms with Crippen LogP contribution >= 0.6 is 0 Å². The highest BCUT2D eigenvalue weighted by Gasteiger charge is 2.26. The first-order valence-electron chi connectivity index (χ1n) is 9.42. The molecule has 0 bridgehead atoms. The van der Waals surface area contributed by atoms with Crippen molar-refractivity contribution in [3.8, 4) is 0 Å². The van der Waals surface area contributed by atoms with Crippen LogP contribution in [0.25, 0.3) is 0 Å². The minimum absolute atomic E-state index is 0.0400. The van der Waals surface area contributed by atoms with Crippen molar-refractivity contribution in [1.82, 2.24) is 19.9 Å². The topological polar surface area (TPSA) is 88.2 Å². The average Bonchev–Trinajstić information content (AvgIpc) is 2.66. The average molecular weight is 370 g/mol. The summed E-state index contributed by atoms with van der Waals surface area (Å²) in [6, 6.07) is 7.41. The first-order valence-corrected chi connectivity index (χ1v) is 9.42. The normalized spacial score (nSPS) is 17.3. The van der Waals surface area contributed by atoms with Gasteiger partial charge < -0.3 is 14.6 Å². The zero-order valence-electron chi connectivity index (χ0n) is 15.9. The Bertz CT molecular complexity index is 819. The summed E-state index contributed by atoms with van der Waals surface area (Å²) in [4.78, 5) is 37.3. The molecule has 0 aromatic carbocycles. The number of H-pyrrole nitrogens is 1. The van der Waals surface area contributed by atoms with E-state index in [1.165, 1.54) is 0 Å². The molecule has 0 spiro atoms. The highest BCUT2D eigenvalue weighted by atomic mass is 16.5. The van der Waals surface area contributed by atoms with Gasteiger partial charge in [-0.15, -0.1) is 0 Å². The fourth-order valence-corrected chi connectivity index (χ4v) is 3.27. The van der Waals surface area contributed by atoms with E-state index in [1.807, 2.05) is 18.2 Å².